The van der Waals surface area contributed by atoms with Crippen molar-refractivity contribution in [2.24, 2.45) is 17.3 Å². The SMILES string of the molecule is C#C[C@@H]1[C@@H](C(=O)OC(C)(C)C)C1(C)C. The molecule has 0 aliphatic heterocycles. The van der Waals surface area contributed by atoms with Gasteiger partial charge in [-0.2, -0.15) is 0 Å². The fourth-order valence-corrected chi connectivity index (χ4v) is 1.75. The minimum Gasteiger partial charge on any atom is -0.460 e. The van der Waals surface area contributed by atoms with Crippen LogP contribution in [0.4, 0.5) is 0 Å². The van der Waals surface area contributed by atoms with Crippen LogP contribution in [0.15, 0.2) is 0 Å². The third-order valence-corrected chi connectivity index (χ3v) is 2.67. The summed E-state index contributed by atoms with van der Waals surface area (Å²) < 4.78 is 5.29. The van der Waals surface area contributed by atoms with Crippen molar-refractivity contribution in [2.75, 3.05) is 0 Å². The molecule has 2 nitrogen and oxygen atoms in total. The van der Waals surface area contributed by atoms with E-state index in [9.17, 15) is 4.79 Å². The predicted molar refractivity (Wildman–Crippen MR) is 55.4 cm³/mol. The van der Waals surface area contributed by atoms with Crippen LogP contribution in [0.2, 0.25) is 0 Å². The third kappa shape index (κ3) is 1.92. The van der Waals surface area contributed by atoms with Crippen LogP contribution in [0.5, 0.6) is 0 Å². The summed E-state index contributed by atoms with van der Waals surface area (Å²) in [6.07, 6.45) is 5.34. The molecule has 0 aromatic heterocycles. The first-order chi connectivity index (χ1) is 6.20. The molecule has 2 heteroatoms. The van der Waals surface area contributed by atoms with Gasteiger partial charge in [0.2, 0.25) is 0 Å². The monoisotopic (exact) mass is 194 g/mol. The van der Waals surface area contributed by atoms with Crippen molar-refractivity contribution >= 4 is 5.97 Å². The zero-order valence-electron chi connectivity index (χ0n) is 9.55. The second-order valence-corrected chi connectivity index (χ2v) is 5.48. The molecule has 0 amide bonds. The molecule has 0 saturated heterocycles. The summed E-state index contributed by atoms with van der Waals surface area (Å²) in [6.45, 7) is 9.61. The topological polar surface area (TPSA) is 26.3 Å². The van der Waals surface area contributed by atoms with Gasteiger partial charge < -0.3 is 4.74 Å². The molecule has 1 aliphatic rings. The van der Waals surface area contributed by atoms with Crippen molar-refractivity contribution in [3.63, 3.8) is 0 Å². The van der Waals surface area contributed by atoms with E-state index in [-0.39, 0.29) is 23.2 Å². The summed E-state index contributed by atoms with van der Waals surface area (Å²) in [4.78, 5) is 11.7. The van der Waals surface area contributed by atoms with Gasteiger partial charge in [0.25, 0.3) is 0 Å². The molecule has 0 aromatic rings. The van der Waals surface area contributed by atoms with Crippen molar-refractivity contribution in [1.82, 2.24) is 0 Å². The van der Waals surface area contributed by atoms with Crippen LogP contribution in [-0.4, -0.2) is 11.6 Å². The lowest BCUT2D eigenvalue weighted by atomic mass is 10.1. The average Bonchev–Trinajstić information content (AvgIpc) is 2.48. The Hall–Kier alpha value is -0.970. The molecule has 0 spiro atoms. The number of carbonyl (C=O) groups is 1. The Labute approximate surface area is 86.0 Å². The van der Waals surface area contributed by atoms with Gasteiger partial charge in [-0.15, -0.1) is 12.3 Å². The van der Waals surface area contributed by atoms with E-state index in [0.717, 1.165) is 0 Å². The first-order valence-electron chi connectivity index (χ1n) is 4.89. The number of ether oxygens (including phenoxy) is 1. The number of esters is 1. The molecule has 14 heavy (non-hydrogen) atoms. The highest BCUT2D eigenvalue weighted by Crippen LogP contribution is 2.58. The van der Waals surface area contributed by atoms with Gasteiger partial charge in [0.15, 0.2) is 0 Å². The lowest BCUT2D eigenvalue weighted by molar-refractivity contribution is -0.157. The van der Waals surface area contributed by atoms with Crippen molar-refractivity contribution in [2.45, 2.75) is 40.2 Å². The number of hydrogen-bond acceptors (Lipinski definition) is 2. The summed E-state index contributed by atoms with van der Waals surface area (Å²) >= 11 is 0. The van der Waals surface area contributed by atoms with Gasteiger partial charge in [-0.05, 0) is 26.2 Å². The van der Waals surface area contributed by atoms with Crippen LogP contribution in [0.25, 0.3) is 0 Å². The predicted octanol–water partition coefficient (Wildman–Crippen LogP) is 2.23. The van der Waals surface area contributed by atoms with Crippen molar-refractivity contribution in [3.8, 4) is 12.3 Å². The van der Waals surface area contributed by atoms with Crippen molar-refractivity contribution in [3.05, 3.63) is 0 Å². The highest BCUT2D eigenvalue weighted by molar-refractivity contribution is 5.79. The highest BCUT2D eigenvalue weighted by Gasteiger charge is 2.62. The minimum atomic E-state index is -0.422. The van der Waals surface area contributed by atoms with Crippen LogP contribution >= 0.6 is 0 Å². The molecular weight excluding hydrogens is 176 g/mol. The summed E-state index contributed by atoms with van der Waals surface area (Å²) in [5.41, 5.74) is -0.508. The first-order valence-corrected chi connectivity index (χ1v) is 4.89. The van der Waals surface area contributed by atoms with Crippen LogP contribution in [0.3, 0.4) is 0 Å². The molecule has 1 saturated carbocycles. The Morgan fingerprint density at radius 1 is 1.43 bits per heavy atom. The van der Waals surface area contributed by atoms with Gasteiger partial charge in [-0.25, -0.2) is 0 Å². The van der Waals surface area contributed by atoms with Crippen LogP contribution < -0.4 is 0 Å². The molecule has 0 radical (unpaired) electrons. The Morgan fingerprint density at radius 3 is 2.21 bits per heavy atom. The number of terminal acetylenes is 1. The Kier molecular flexibility index (Phi) is 2.39. The first kappa shape index (κ1) is 11.1. The lowest BCUT2D eigenvalue weighted by Crippen LogP contribution is -2.26. The number of hydrogen-bond donors (Lipinski definition) is 0. The van der Waals surface area contributed by atoms with E-state index in [1.165, 1.54) is 0 Å². The molecule has 1 rings (SSSR count). The Morgan fingerprint density at radius 2 is 1.93 bits per heavy atom. The zero-order valence-corrected chi connectivity index (χ0v) is 9.55. The normalized spacial score (nSPS) is 29.1. The van der Waals surface area contributed by atoms with Gasteiger partial charge in [0.05, 0.1) is 5.92 Å². The zero-order chi connectivity index (χ0) is 11.1. The summed E-state index contributed by atoms with van der Waals surface area (Å²) in [6, 6.07) is 0. The maximum atomic E-state index is 11.7. The molecule has 1 fully saturated rings. The summed E-state index contributed by atoms with van der Waals surface area (Å²) in [5.74, 6) is 2.40. The second kappa shape index (κ2) is 3.02. The van der Waals surface area contributed by atoms with Crippen LogP contribution in [-0.2, 0) is 9.53 Å². The molecule has 2 atom stereocenters. The van der Waals surface area contributed by atoms with E-state index in [0.29, 0.717) is 0 Å². The van der Waals surface area contributed by atoms with Gasteiger partial charge in [0.1, 0.15) is 5.60 Å². The maximum absolute atomic E-state index is 11.7. The third-order valence-electron chi connectivity index (χ3n) is 2.67. The molecule has 78 valence electrons. The molecule has 0 heterocycles. The van der Waals surface area contributed by atoms with Crippen molar-refractivity contribution < 1.29 is 9.53 Å². The van der Waals surface area contributed by atoms with E-state index in [1.54, 1.807) is 0 Å². The number of carbonyl (C=O) groups excluding carboxylic acids is 1. The summed E-state index contributed by atoms with van der Waals surface area (Å²) in [7, 11) is 0. The van der Waals surface area contributed by atoms with Gasteiger partial charge in [-0.3, -0.25) is 4.79 Å². The average molecular weight is 194 g/mol. The van der Waals surface area contributed by atoms with E-state index < -0.39 is 5.60 Å². The second-order valence-electron chi connectivity index (χ2n) is 5.48. The Bertz CT molecular complexity index is 288. The van der Waals surface area contributed by atoms with Crippen LogP contribution in [0, 0.1) is 29.6 Å². The highest BCUT2D eigenvalue weighted by atomic mass is 16.6. The molecule has 0 aromatic carbocycles. The van der Waals surface area contributed by atoms with E-state index in [4.69, 9.17) is 11.2 Å². The quantitative estimate of drug-likeness (QED) is 0.472. The Balaban J connectivity index is 2.63. The maximum Gasteiger partial charge on any atom is 0.311 e. The van der Waals surface area contributed by atoms with E-state index in [2.05, 4.69) is 5.92 Å². The number of rotatable bonds is 1. The lowest BCUT2D eigenvalue weighted by Gasteiger charge is -2.19. The summed E-state index contributed by atoms with van der Waals surface area (Å²) in [5, 5.41) is 0. The largest absolute Gasteiger partial charge is 0.460 e. The smallest absolute Gasteiger partial charge is 0.311 e. The molecule has 0 bridgehead atoms. The van der Waals surface area contributed by atoms with E-state index >= 15 is 0 Å². The standard InChI is InChI=1S/C12H18O2/c1-7-8-9(12(8,5)6)10(13)14-11(2,3)4/h1,8-9H,2-6H3/t8-,9+/m1/s1. The molecule has 1 aliphatic carbocycles. The van der Waals surface area contributed by atoms with Gasteiger partial charge in [-0.1, -0.05) is 13.8 Å². The van der Waals surface area contributed by atoms with Crippen molar-refractivity contribution in [1.29, 1.82) is 0 Å². The van der Waals surface area contributed by atoms with Gasteiger partial charge >= 0.3 is 5.97 Å². The van der Waals surface area contributed by atoms with E-state index in [1.807, 2.05) is 34.6 Å². The molecule has 0 unspecified atom stereocenters. The van der Waals surface area contributed by atoms with Gasteiger partial charge in [0, 0.05) is 5.92 Å². The fraction of sp³-hybridized carbons (Fsp3) is 0.750. The minimum absolute atomic E-state index is 0.0392. The van der Waals surface area contributed by atoms with Crippen LogP contribution in [0.1, 0.15) is 34.6 Å². The molecule has 0 N–H and O–H groups in total. The molecular formula is C12H18O2. The fourth-order valence-electron chi connectivity index (χ4n) is 1.75.